The molecule has 1 N–H and O–H groups in total. The summed E-state index contributed by atoms with van der Waals surface area (Å²) in [6, 6.07) is 5.88. The third-order valence-electron chi connectivity index (χ3n) is 3.31. The van der Waals surface area contributed by atoms with Gasteiger partial charge in [-0.15, -0.1) is 0 Å². The van der Waals surface area contributed by atoms with E-state index in [2.05, 4.69) is 5.32 Å². The van der Waals surface area contributed by atoms with E-state index in [1.807, 2.05) is 0 Å². The highest BCUT2D eigenvalue weighted by atomic mass is 32.2. The van der Waals surface area contributed by atoms with E-state index < -0.39 is 20.0 Å². The summed E-state index contributed by atoms with van der Waals surface area (Å²) in [5.74, 6) is 0.201. The highest BCUT2D eigenvalue weighted by molar-refractivity contribution is 7.92. The number of nitro groups is 1. The smallest absolute Gasteiger partial charge is 0.289 e. The van der Waals surface area contributed by atoms with E-state index in [0.717, 1.165) is 0 Å². The summed E-state index contributed by atoms with van der Waals surface area (Å²) in [5, 5.41) is 22.1. The SMILES string of the molecule is N#Cc1ccc(NCC2CCCS2(=O)=O)cc1[N+](=O)[O-]. The van der Waals surface area contributed by atoms with Crippen LogP contribution in [0.5, 0.6) is 0 Å². The molecule has 0 aliphatic carbocycles. The summed E-state index contributed by atoms with van der Waals surface area (Å²) in [7, 11) is -3.05. The monoisotopic (exact) mass is 295 g/mol. The Labute approximate surface area is 116 Å². The fourth-order valence-corrected chi connectivity index (χ4v) is 3.97. The van der Waals surface area contributed by atoms with Crippen LogP contribution in [-0.4, -0.2) is 30.9 Å². The zero-order valence-electron chi connectivity index (χ0n) is 10.6. The number of benzene rings is 1. The van der Waals surface area contributed by atoms with Crippen molar-refractivity contribution in [1.29, 1.82) is 5.26 Å². The minimum atomic E-state index is -3.05. The lowest BCUT2D eigenvalue weighted by molar-refractivity contribution is -0.385. The zero-order chi connectivity index (χ0) is 14.8. The van der Waals surface area contributed by atoms with Crippen molar-refractivity contribution in [1.82, 2.24) is 0 Å². The van der Waals surface area contributed by atoms with Crippen molar-refractivity contribution in [3.63, 3.8) is 0 Å². The van der Waals surface area contributed by atoms with Crippen LogP contribution >= 0.6 is 0 Å². The van der Waals surface area contributed by atoms with Gasteiger partial charge in [-0.05, 0) is 25.0 Å². The molecular formula is C12H13N3O4S. The van der Waals surface area contributed by atoms with E-state index in [4.69, 9.17) is 5.26 Å². The summed E-state index contributed by atoms with van der Waals surface area (Å²) >= 11 is 0. The first kappa shape index (κ1) is 14.3. The molecule has 1 saturated heterocycles. The van der Waals surface area contributed by atoms with Gasteiger partial charge in [0, 0.05) is 18.3 Å². The van der Waals surface area contributed by atoms with Crippen molar-refractivity contribution in [2.45, 2.75) is 18.1 Å². The molecule has 0 aromatic heterocycles. The first-order chi connectivity index (χ1) is 9.44. The number of hydrogen-bond donors (Lipinski definition) is 1. The number of anilines is 1. The normalized spacial score (nSPS) is 20.2. The van der Waals surface area contributed by atoms with Crippen LogP contribution in [0.25, 0.3) is 0 Å². The summed E-state index contributed by atoms with van der Waals surface area (Å²) in [5.41, 5.74) is 0.138. The van der Waals surface area contributed by atoms with Gasteiger partial charge in [-0.2, -0.15) is 5.26 Å². The molecule has 0 spiro atoms. The maximum absolute atomic E-state index is 11.7. The quantitative estimate of drug-likeness (QED) is 0.664. The largest absolute Gasteiger partial charge is 0.384 e. The molecule has 1 aromatic rings. The lowest BCUT2D eigenvalue weighted by atomic mass is 10.1. The van der Waals surface area contributed by atoms with Crippen LogP contribution in [0, 0.1) is 21.4 Å². The lowest BCUT2D eigenvalue weighted by Crippen LogP contribution is -2.25. The van der Waals surface area contributed by atoms with Gasteiger partial charge >= 0.3 is 0 Å². The van der Waals surface area contributed by atoms with E-state index in [9.17, 15) is 18.5 Å². The van der Waals surface area contributed by atoms with Gasteiger partial charge < -0.3 is 5.32 Å². The maximum atomic E-state index is 11.7. The standard InChI is InChI=1S/C12H13N3O4S/c13-7-9-3-4-10(6-12(9)15(16)17)14-8-11-2-1-5-20(11,18)19/h3-4,6,11,14H,1-2,5,8H2. The van der Waals surface area contributed by atoms with Gasteiger partial charge in [-0.25, -0.2) is 8.42 Å². The molecule has 1 atom stereocenters. The fourth-order valence-electron chi connectivity index (χ4n) is 2.21. The zero-order valence-corrected chi connectivity index (χ0v) is 11.4. The number of rotatable bonds is 4. The number of nitrogens with one attached hydrogen (secondary N) is 1. The summed E-state index contributed by atoms with van der Waals surface area (Å²) in [6.45, 7) is 0.228. The van der Waals surface area contributed by atoms with Crippen molar-refractivity contribution in [2.24, 2.45) is 0 Å². The van der Waals surface area contributed by atoms with Crippen molar-refractivity contribution in [2.75, 3.05) is 17.6 Å². The van der Waals surface area contributed by atoms with Gasteiger partial charge in [-0.3, -0.25) is 10.1 Å². The Morgan fingerprint density at radius 3 is 2.80 bits per heavy atom. The average Bonchev–Trinajstić information content (AvgIpc) is 2.75. The van der Waals surface area contributed by atoms with Crippen LogP contribution < -0.4 is 5.32 Å². The fraction of sp³-hybridized carbons (Fsp3) is 0.417. The third-order valence-corrected chi connectivity index (χ3v) is 5.59. The van der Waals surface area contributed by atoms with Gasteiger partial charge in [0.05, 0.1) is 15.9 Å². The minimum absolute atomic E-state index is 0.0194. The molecule has 0 radical (unpaired) electrons. The molecule has 1 aliphatic rings. The van der Waals surface area contributed by atoms with Crippen molar-refractivity contribution >= 4 is 21.2 Å². The Balaban J connectivity index is 2.13. The summed E-state index contributed by atoms with van der Waals surface area (Å²) < 4.78 is 23.3. The molecule has 0 bridgehead atoms. The summed E-state index contributed by atoms with van der Waals surface area (Å²) in [4.78, 5) is 10.2. The maximum Gasteiger partial charge on any atom is 0.289 e. The second-order valence-corrected chi connectivity index (χ2v) is 7.01. The van der Waals surface area contributed by atoms with Crippen molar-refractivity contribution < 1.29 is 13.3 Å². The van der Waals surface area contributed by atoms with Crippen LogP contribution in [0.2, 0.25) is 0 Å². The number of nitro benzene ring substituents is 1. The Bertz CT molecular complexity index is 678. The molecule has 0 saturated carbocycles. The van der Waals surface area contributed by atoms with Gasteiger partial charge in [0.2, 0.25) is 0 Å². The molecular weight excluding hydrogens is 282 g/mol. The van der Waals surface area contributed by atoms with E-state index in [-0.39, 0.29) is 23.5 Å². The minimum Gasteiger partial charge on any atom is -0.384 e. The molecule has 1 aliphatic heterocycles. The Kier molecular flexibility index (Phi) is 3.90. The van der Waals surface area contributed by atoms with Gasteiger partial charge in [0.25, 0.3) is 5.69 Å². The van der Waals surface area contributed by atoms with Crippen LogP contribution in [0.4, 0.5) is 11.4 Å². The van der Waals surface area contributed by atoms with Crippen LogP contribution in [-0.2, 0) is 9.84 Å². The Morgan fingerprint density at radius 1 is 1.50 bits per heavy atom. The number of hydrogen-bond acceptors (Lipinski definition) is 6. The van der Waals surface area contributed by atoms with E-state index in [1.54, 1.807) is 6.07 Å². The van der Waals surface area contributed by atoms with Crippen LogP contribution in [0.1, 0.15) is 18.4 Å². The molecule has 1 unspecified atom stereocenters. The molecule has 0 amide bonds. The Morgan fingerprint density at radius 2 is 2.25 bits per heavy atom. The molecule has 1 fully saturated rings. The molecule has 7 nitrogen and oxygen atoms in total. The van der Waals surface area contributed by atoms with Crippen LogP contribution in [0.15, 0.2) is 18.2 Å². The lowest BCUT2D eigenvalue weighted by Gasteiger charge is -2.11. The number of sulfone groups is 1. The third kappa shape index (κ3) is 2.88. The molecule has 8 heteroatoms. The first-order valence-electron chi connectivity index (χ1n) is 6.08. The molecule has 106 valence electrons. The highest BCUT2D eigenvalue weighted by Crippen LogP contribution is 2.24. The molecule has 1 heterocycles. The first-order valence-corrected chi connectivity index (χ1v) is 7.79. The Hall–Kier alpha value is -2.14. The predicted octanol–water partition coefficient (Wildman–Crippen LogP) is 1.46. The van der Waals surface area contributed by atoms with Crippen LogP contribution in [0.3, 0.4) is 0 Å². The second-order valence-electron chi connectivity index (χ2n) is 4.61. The van der Waals surface area contributed by atoms with Gasteiger partial charge in [-0.1, -0.05) is 0 Å². The number of nitrogens with zero attached hydrogens (tertiary/aromatic N) is 2. The molecule has 20 heavy (non-hydrogen) atoms. The molecule has 1 aromatic carbocycles. The van der Waals surface area contributed by atoms with E-state index in [0.29, 0.717) is 18.5 Å². The highest BCUT2D eigenvalue weighted by Gasteiger charge is 2.30. The second kappa shape index (κ2) is 5.46. The topological polar surface area (TPSA) is 113 Å². The molecule has 2 rings (SSSR count). The van der Waals surface area contributed by atoms with E-state index in [1.165, 1.54) is 18.2 Å². The predicted molar refractivity (Wildman–Crippen MR) is 73.1 cm³/mol. The van der Waals surface area contributed by atoms with Crippen molar-refractivity contribution in [3.8, 4) is 6.07 Å². The van der Waals surface area contributed by atoms with E-state index >= 15 is 0 Å². The van der Waals surface area contributed by atoms with Gasteiger partial charge in [0.1, 0.15) is 11.6 Å². The summed E-state index contributed by atoms with van der Waals surface area (Å²) in [6.07, 6.45) is 1.26. The number of nitriles is 1. The average molecular weight is 295 g/mol. The van der Waals surface area contributed by atoms with Crippen molar-refractivity contribution in [3.05, 3.63) is 33.9 Å². The van der Waals surface area contributed by atoms with Gasteiger partial charge in [0.15, 0.2) is 9.84 Å².